The number of aliphatic hydroxyl groups is 1. The fourth-order valence-electron chi connectivity index (χ4n) is 5.86. The first kappa shape index (κ1) is 28.1. The van der Waals surface area contributed by atoms with E-state index in [1.165, 1.54) is 0 Å². The van der Waals surface area contributed by atoms with Crippen LogP contribution in [0.4, 0.5) is 4.79 Å². The number of halogens is 2. The Morgan fingerprint density at radius 2 is 1.47 bits per heavy atom. The summed E-state index contributed by atoms with van der Waals surface area (Å²) in [5, 5.41) is 22.7. The van der Waals surface area contributed by atoms with Gasteiger partial charge in [0.2, 0.25) is 0 Å². The van der Waals surface area contributed by atoms with Gasteiger partial charge in [-0.1, -0.05) is 111 Å². The van der Waals surface area contributed by atoms with Gasteiger partial charge < -0.3 is 10.2 Å². The molecule has 0 aromatic heterocycles. The predicted molar refractivity (Wildman–Crippen MR) is 149 cm³/mol. The number of nitrogens with zero attached hydrogens (tertiary/aromatic N) is 2. The summed E-state index contributed by atoms with van der Waals surface area (Å²) in [7, 11) is 0. The van der Waals surface area contributed by atoms with Crippen LogP contribution in [0, 0.1) is 5.41 Å². The Labute approximate surface area is 233 Å². The second-order valence-electron chi connectivity index (χ2n) is 10.7. The number of amides is 2. The standard InChI is InChI=1S/C30H32Cl2N2O4/c1-19(21-14-9-6-10-15-21)33-26(24(35)18-20-12-7-5-8-13-20)27(36)34(28(37)38)30(33,29(2,3)4)25-22(31)16-11-17-23(25)32/h5-17,19,24,26,35H,18H2,1-4H3,(H,37,38)/t19?,24-,26?,30-/m0/s1. The molecule has 1 aliphatic rings. The number of carbonyl (C=O) groups is 2. The Morgan fingerprint density at radius 3 is 1.97 bits per heavy atom. The maximum Gasteiger partial charge on any atom is 0.415 e. The molecule has 1 heterocycles. The third-order valence-corrected chi connectivity index (χ3v) is 8.00. The van der Waals surface area contributed by atoms with Gasteiger partial charge in [-0.15, -0.1) is 0 Å². The minimum absolute atomic E-state index is 0.152. The van der Waals surface area contributed by atoms with Crippen molar-refractivity contribution in [3.63, 3.8) is 0 Å². The van der Waals surface area contributed by atoms with Crippen LogP contribution >= 0.6 is 23.2 Å². The van der Waals surface area contributed by atoms with E-state index in [0.29, 0.717) is 5.56 Å². The third kappa shape index (κ3) is 4.60. The Kier molecular flexibility index (Phi) is 7.91. The van der Waals surface area contributed by atoms with Gasteiger partial charge in [-0.3, -0.25) is 9.69 Å². The van der Waals surface area contributed by atoms with Crippen molar-refractivity contribution >= 4 is 35.2 Å². The van der Waals surface area contributed by atoms with E-state index in [0.717, 1.165) is 16.0 Å². The van der Waals surface area contributed by atoms with Crippen molar-refractivity contribution < 1.29 is 19.8 Å². The minimum Gasteiger partial charge on any atom is -0.465 e. The normalized spacial score (nSPS) is 21.9. The van der Waals surface area contributed by atoms with Crippen molar-refractivity contribution in [1.29, 1.82) is 0 Å². The molecular weight excluding hydrogens is 523 g/mol. The SMILES string of the molecule is CC(c1ccccc1)N1C([C@@H](O)Cc2ccccc2)C(=O)N(C(=O)O)[C@@]1(c1c(Cl)cccc1Cl)C(C)(C)C. The van der Waals surface area contributed by atoms with Crippen LogP contribution in [0.2, 0.25) is 10.0 Å². The molecule has 1 saturated heterocycles. The highest BCUT2D eigenvalue weighted by atomic mass is 35.5. The monoisotopic (exact) mass is 554 g/mol. The molecule has 3 aromatic rings. The molecular formula is C30H32Cl2N2O4. The van der Waals surface area contributed by atoms with Crippen LogP contribution in [0.5, 0.6) is 0 Å². The first-order valence-corrected chi connectivity index (χ1v) is 13.2. The van der Waals surface area contributed by atoms with Gasteiger partial charge in [0.15, 0.2) is 0 Å². The molecule has 38 heavy (non-hydrogen) atoms. The Bertz CT molecular complexity index is 1290. The van der Waals surface area contributed by atoms with Gasteiger partial charge in [0.05, 0.1) is 6.10 Å². The van der Waals surface area contributed by atoms with Gasteiger partial charge >= 0.3 is 6.09 Å². The van der Waals surface area contributed by atoms with E-state index in [2.05, 4.69) is 0 Å². The number of carboxylic acid groups (broad SMARTS) is 1. The molecule has 0 aliphatic carbocycles. The summed E-state index contributed by atoms with van der Waals surface area (Å²) in [5.41, 5.74) is -0.598. The fraction of sp³-hybridized carbons (Fsp3) is 0.333. The van der Waals surface area contributed by atoms with Gasteiger partial charge in [-0.25, -0.2) is 9.69 Å². The third-order valence-electron chi connectivity index (χ3n) is 7.37. The van der Waals surface area contributed by atoms with E-state index >= 15 is 0 Å². The molecule has 0 bridgehead atoms. The van der Waals surface area contributed by atoms with Crippen molar-refractivity contribution in [3.8, 4) is 0 Å². The molecule has 0 spiro atoms. The first-order chi connectivity index (χ1) is 17.9. The summed E-state index contributed by atoms with van der Waals surface area (Å²) in [6.45, 7) is 7.47. The second kappa shape index (κ2) is 10.7. The predicted octanol–water partition coefficient (Wildman–Crippen LogP) is 6.75. The molecule has 0 saturated carbocycles. The molecule has 8 heteroatoms. The van der Waals surface area contributed by atoms with Crippen LogP contribution in [0.3, 0.4) is 0 Å². The Balaban J connectivity index is 2.06. The number of hydrogen-bond donors (Lipinski definition) is 2. The largest absolute Gasteiger partial charge is 0.465 e. The molecule has 4 atom stereocenters. The highest BCUT2D eigenvalue weighted by molar-refractivity contribution is 6.36. The molecule has 2 amide bonds. The summed E-state index contributed by atoms with van der Waals surface area (Å²) in [6, 6.07) is 22.1. The van der Waals surface area contributed by atoms with E-state index in [4.69, 9.17) is 23.2 Å². The zero-order valence-electron chi connectivity index (χ0n) is 21.8. The van der Waals surface area contributed by atoms with E-state index < -0.39 is 41.3 Å². The van der Waals surface area contributed by atoms with Gasteiger partial charge in [-0.05, 0) is 30.2 Å². The lowest BCUT2D eigenvalue weighted by Gasteiger charge is -2.54. The topological polar surface area (TPSA) is 81.1 Å². The average molecular weight is 556 g/mol. The summed E-state index contributed by atoms with van der Waals surface area (Å²) >= 11 is 13.6. The summed E-state index contributed by atoms with van der Waals surface area (Å²) in [6.07, 6.45) is -2.51. The van der Waals surface area contributed by atoms with E-state index in [1.54, 1.807) is 23.1 Å². The lowest BCUT2D eigenvalue weighted by Crippen LogP contribution is -2.62. The lowest BCUT2D eigenvalue weighted by molar-refractivity contribution is -0.135. The highest BCUT2D eigenvalue weighted by Crippen LogP contribution is 2.58. The van der Waals surface area contributed by atoms with E-state index in [1.807, 2.05) is 88.4 Å². The van der Waals surface area contributed by atoms with E-state index in [9.17, 15) is 19.8 Å². The molecule has 2 unspecified atom stereocenters. The average Bonchev–Trinajstić information content (AvgIpc) is 3.14. The van der Waals surface area contributed by atoms with Crippen LogP contribution in [0.1, 0.15) is 50.4 Å². The molecule has 6 nitrogen and oxygen atoms in total. The van der Waals surface area contributed by atoms with Crippen LogP contribution in [-0.4, -0.2) is 44.2 Å². The lowest BCUT2D eigenvalue weighted by atomic mass is 9.73. The zero-order chi connectivity index (χ0) is 27.8. The van der Waals surface area contributed by atoms with Crippen LogP contribution < -0.4 is 0 Å². The van der Waals surface area contributed by atoms with Crippen molar-refractivity contribution in [2.75, 3.05) is 0 Å². The molecule has 4 rings (SSSR count). The van der Waals surface area contributed by atoms with Crippen LogP contribution in [0.15, 0.2) is 78.9 Å². The number of carbonyl (C=O) groups excluding carboxylic acids is 1. The maximum atomic E-state index is 14.2. The smallest absolute Gasteiger partial charge is 0.415 e. The Morgan fingerprint density at radius 1 is 0.947 bits per heavy atom. The number of aliphatic hydroxyl groups excluding tert-OH is 1. The van der Waals surface area contributed by atoms with Crippen molar-refractivity contribution in [1.82, 2.24) is 9.80 Å². The number of imide groups is 1. The summed E-state index contributed by atoms with van der Waals surface area (Å²) < 4.78 is 0. The Hall–Kier alpha value is -2.90. The molecule has 1 fully saturated rings. The van der Waals surface area contributed by atoms with Crippen molar-refractivity contribution in [2.24, 2.45) is 5.41 Å². The van der Waals surface area contributed by atoms with Crippen molar-refractivity contribution in [2.45, 2.75) is 58.0 Å². The fourth-order valence-corrected chi connectivity index (χ4v) is 6.52. The van der Waals surface area contributed by atoms with Crippen LogP contribution in [0.25, 0.3) is 0 Å². The maximum absolute atomic E-state index is 14.2. The van der Waals surface area contributed by atoms with Gasteiger partial charge in [0.1, 0.15) is 11.7 Å². The molecule has 0 radical (unpaired) electrons. The van der Waals surface area contributed by atoms with Gasteiger partial charge in [0.25, 0.3) is 5.91 Å². The minimum atomic E-state index is -1.65. The first-order valence-electron chi connectivity index (χ1n) is 12.5. The molecule has 3 aromatic carbocycles. The highest BCUT2D eigenvalue weighted by Gasteiger charge is 2.68. The van der Waals surface area contributed by atoms with Crippen molar-refractivity contribution in [3.05, 3.63) is 106 Å². The zero-order valence-corrected chi connectivity index (χ0v) is 23.3. The molecule has 1 aliphatic heterocycles. The van der Waals surface area contributed by atoms with Gasteiger partial charge in [-0.2, -0.15) is 0 Å². The number of benzene rings is 3. The number of hydrogen-bond acceptors (Lipinski definition) is 4. The summed E-state index contributed by atoms with van der Waals surface area (Å²) in [5.74, 6) is -0.727. The van der Waals surface area contributed by atoms with Crippen LogP contribution in [-0.2, 0) is 16.9 Å². The molecule has 2 N–H and O–H groups in total. The summed E-state index contributed by atoms with van der Waals surface area (Å²) in [4.78, 5) is 29.9. The second-order valence-corrected chi connectivity index (χ2v) is 11.5. The molecule has 200 valence electrons. The number of rotatable bonds is 6. The van der Waals surface area contributed by atoms with Gasteiger partial charge in [0, 0.05) is 33.5 Å². The van der Waals surface area contributed by atoms with E-state index in [-0.39, 0.29) is 16.5 Å². The quantitative estimate of drug-likeness (QED) is 0.352.